The molecule has 0 atom stereocenters. The molecule has 3 rings (SSSR count). The van der Waals surface area contributed by atoms with Gasteiger partial charge in [-0.25, -0.2) is 0 Å². The first-order valence-corrected chi connectivity index (χ1v) is 6.97. The molecule has 0 unspecified atom stereocenters. The molecular weight excluding hydrogens is 306 g/mol. The van der Waals surface area contributed by atoms with Gasteiger partial charge >= 0.3 is 0 Å². The molecule has 0 bridgehead atoms. The second-order valence-corrected chi connectivity index (χ2v) is 4.95. The number of nitrogens with zero attached hydrogens (tertiary/aromatic N) is 2. The van der Waals surface area contributed by atoms with Gasteiger partial charge in [0.15, 0.2) is 5.69 Å². The van der Waals surface area contributed by atoms with Crippen molar-refractivity contribution in [2.24, 2.45) is 0 Å². The first kappa shape index (κ1) is 16.3. The van der Waals surface area contributed by atoms with Crippen LogP contribution in [-0.4, -0.2) is 27.2 Å². The maximum absolute atomic E-state index is 12.3. The normalized spacial score (nSPS) is 13.1. The highest BCUT2D eigenvalue weighted by Crippen LogP contribution is 2.16. The van der Waals surface area contributed by atoms with Gasteiger partial charge in [-0.1, -0.05) is 0 Å². The van der Waals surface area contributed by atoms with E-state index >= 15 is 0 Å². The van der Waals surface area contributed by atoms with Gasteiger partial charge in [0.25, 0.3) is 11.5 Å². The highest BCUT2D eigenvalue weighted by Gasteiger charge is 2.21. The number of anilines is 1. The number of carbonyl (C=O) groups excluding carboxylic acids is 1. The Morgan fingerprint density at radius 2 is 2.27 bits per heavy atom. The van der Waals surface area contributed by atoms with Crippen LogP contribution in [0.1, 0.15) is 28.7 Å². The maximum atomic E-state index is 12.3. The van der Waals surface area contributed by atoms with Gasteiger partial charge in [0.05, 0.1) is 5.69 Å². The lowest BCUT2D eigenvalue weighted by atomic mass is 10.1. The van der Waals surface area contributed by atoms with Crippen molar-refractivity contribution in [1.82, 2.24) is 20.1 Å². The summed E-state index contributed by atoms with van der Waals surface area (Å²) in [4.78, 5) is 23.9. The number of aryl methyl sites for hydroxylation is 1. The van der Waals surface area contributed by atoms with Crippen LogP contribution in [-0.2, 0) is 19.5 Å². The van der Waals surface area contributed by atoms with Gasteiger partial charge in [0.1, 0.15) is 0 Å². The Balaban J connectivity index is 0.00000176. The van der Waals surface area contributed by atoms with Crippen molar-refractivity contribution in [3.63, 3.8) is 0 Å². The Kier molecular flexibility index (Phi) is 4.99. The lowest BCUT2D eigenvalue weighted by Gasteiger charge is -2.13. The van der Waals surface area contributed by atoms with E-state index in [9.17, 15) is 9.59 Å². The fourth-order valence-electron chi connectivity index (χ4n) is 2.46. The van der Waals surface area contributed by atoms with Gasteiger partial charge in [-0.2, -0.15) is 5.10 Å². The quantitative estimate of drug-likeness (QED) is 0.783. The van der Waals surface area contributed by atoms with Crippen LogP contribution in [0.25, 0.3) is 0 Å². The first-order chi connectivity index (χ1) is 10.2. The van der Waals surface area contributed by atoms with E-state index in [1.807, 2.05) is 6.92 Å². The van der Waals surface area contributed by atoms with Crippen molar-refractivity contribution in [3.05, 3.63) is 45.6 Å². The van der Waals surface area contributed by atoms with Crippen molar-refractivity contribution < 1.29 is 4.79 Å². The molecule has 0 saturated heterocycles. The standard InChI is InChI=1S/C14H17N5O2.ClH/c1-2-19-8-9(3-4-12(19)20)16-14(21)13-10-7-15-6-5-11(10)17-18-13;/h3-4,8,15H,2,5-7H2,1H3,(H,16,21)(H,17,18);1H. The summed E-state index contributed by atoms with van der Waals surface area (Å²) in [5, 5.41) is 13.0. The largest absolute Gasteiger partial charge is 0.319 e. The van der Waals surface area contributed by atoms with Crippen molar-refractivity contribution >= 4 is 24.0 Å². The summed E-state index contributed by atoms with van der Waals surface area (Å²) >= 11 is 0. The summed E-state index contributed by atoms with van der Waals surface area (Å²) in [6.07, 6.45) is 2.48. The molecule has 0 fully saturated rings. The molecule has 0 spiro atoms. The van der Waals surface area contributed by atoms with Crippen LogP contribution in [0.3, 0.4) is 0 Å². The lowest BCUT2D eigenvalue weighted by molar-refractivity contribution is 0.102. The molecular formula is C14H18ClN5O2. The van der Waals surface area contributed by atoms with Crippen LogP contribution in [0.5, 0.6) is 0 Å². The van der Waals surface area contributed by atoms with Crippen molar-refractivity contribution in [3.8, 4) is 0 Å². The molecule has 0 radical (unpaired) electrons. The van der Waals surface area contributed by atoms with E-state index in [0.29, 0.717) is 24.5 Å². The Morgan fingerprint density at radius 3 is 3.05 bits per heavy atom. The van der Waals surface area contributed by atoms with E-state index in [1.54, 1.807) is 12.3 Å². The molecule has 1 aliphatic heterocycles. The third-order valence-electron chi connectivity index (χ3n) is 3.60. The van der Waals surface area contributed by atoms with Gasteiger partial charge in [-0.15, -0.1) is 12.4 Å². The molecule has 0 saturated carbocycles. The number of pyridine rings is 1. The summed E-state index contributed by atoms with van der Waals surface area (Å²) in [6, 6.07) is 3.05. The number of amides is 1. The van der Waals surface area contributed by atoms with E-state index in [0.717, 1.165) is 24.2 Å². The number of halogens is 1. The second kappa shape index (κ2) is 6.76. The topological polar surface area (TPSA) is 91.8 Å². The fourth-order valence-corrected chi connectivity index (χ4v) is 2.46. The number of aromatic amines is 1. The number of H-pyrrole nitrogens is 1. The van der Waals surface area contributed by atoms with E-state index in [1.165, 1.54) is 10.6 Å². The highest BCUT2D eigenvalue weighted by atomic mass is 35.5. The molecule has 3 heterocycles. The molecule has 2 aromatic rings. The van der Waals surface area contributed by atoms with Gasteiger partial charge in [-0.05, 0) is 13.0 Å². The summed E-state index contributed by atoms with van der Waals surface area (Å²) in [6.45, 7) is 3.97. The van der Waals surface area contributed by atoms with Crippen LogP contribution in [0.4, 0.5) is 5.69 Å². The minimum Gasteiger partial charge on any atom is -0.319 e. The van der Waals surface area contributed by atoms with E-state index in [2.05, 4.69) is 20.8 Å². The average molecular weight is 324 g/mol. The third kappa shape index (κ3) is 3.05. The Bertz CT molecular complexity index is 737. The lowest BCUT2D eigenvalue weighted by Crippen LogP contribution is -2.25. The van der Waals surface area contributed by atoms with E-state index in [-0.39, 0.29) is 23.9 Å². The maximum Gasteiger partial charge on any atom is 0.276 e. The Hall–Kier alpha value is -2.12. The number of fused-ring (bicyclic) bond motifs is 1. The Labute approximate surface area is 133 Å². The molecule has 3 N–H and O–H groups in total. The second-order valence-electron chi connectivity index (χ2n) is 4.95. The predicted molar refractivity (Wildman–Crippen MR) is 85.6 cm³/mol. The average Bonchev–Trinajstić information content (AvgIpc) is 2.93. The zero-order chi connectivity index (χ0) is 14.8. The predicted octanol–water partition coefficient (Wildman–Crippen LogP) is 0.911. The smallest absolute Gasteiger partial charge is 0.276 e. The molecule has 118 valence electrons. The summed E-state index contributed by atoms with van der Waals surface area (Å²) in [7, 11) is 0. The number of hydrogen-bond acceptors (Lipinski definition) is 4. The highest BCUT2D eigenvalue weighted by molar-refractivity contribution is 6.03. The molecule has 2 aromatic heterocycles. The number of aromatic nitrogens is 3. The molecule has 7 nitrogen and oxygen atoms in total. The van der Waals surface area contributed by atoms with E-state index < -0.39 is 0 Å². The number of hydrogen-bond donors (Lipinski definition) is 3. The minimum absolute atomic E-state index is 0. The molecule has 0 aromatic carbocycles. The molecule has 1 amide bonds. The van der Waals surface area contributed by atoms with Crippen molar-refractivity contribution in [1.29, 1.82) is 0 Å². The van der Waals surface area contributed by atoms with Gasteiger partial charge < -0.3 is 15.2 Å². The van der Waals surface area contributed by atoms with Crippen LogP contribution in [0, 0.1) is 0 Å². The third-order valence-corrected chi connectivity index (χ3v) is 3.60. The van der Waals surface area contributed by atoms with Gasteiger partial charge in [0.2, 0.25) is 0 Å². The molecule has 1 aliphatic rings. The SMILES string of the molecule is CCn1cc(NC(=O)c2n[nH]c3c2CNCC3)ccc1=O.Cl. The summed E-state index contributed by atoms with van der Waals surface area (Å²) in [5.41, 5.74) is 2.84. The summed E-state index contributed by atoms with van der Waals surface area (Å²) in [5.74, 6) is -0.266. The fraction of sp³-hybridized carbons (Fsp3) is 0.357. The molecule has 8 heteroatoms. The monoisotopic (exact) mass is 323 g/mol. The number of nitrogens with one attached hydrogen (secondary N) is 3. The first-order valence-electron chi connectivity index (χ1n) is 6.97. The van der Waals surface area contributed by atoms with Crippen molar-refractivity contribution in [2.45, 2.75) is 26.4 Å². The van der Waals surface area contributed by atoms with Crippen molar-refractivity contribution in [2.75, 3.05) is 11.9 Å². The van der Waals surface area contributed by atoms with Crippen LogP contribution >= 0.6 is 12.4 Å². The minimum atomic E-state index is -0.266. The number of carbonyl (C=O) groups is 1. The van der Waals surface area contributed by atoms with Gasteiger partial charge in [0, 0.05) is 49.6 Å². The Morgan fingerprint density at radius 1 is 1.45 bits per heavy atom. The van der Waals surface area contributed by atoms with Crippen LogP contribution < -0.4 is 16.2 Å². The molecule has 22 heavy (non-hydrogen) atoms. The summed E-state index contributed by atoms with van der Waals surface area (Å²) < 4.78 is 1.54. The number of rotatable bonds is 3. The van der Waals surface area contributed by atoms with Gasteiger partial charge in [-0.3, -0.25) is 14.7 Å². The van der Waals surface area contributed by atoms with Crippen LogP contribution in [0.15, 0.2) is 23.1 Å². The zero-order valence-electron chi connectivity index (χ0n) is 12.2. The van der Waals surface area contributed by atoms with E-state index in [4.69, 9.17) is 0 Å². The zero-order valence-corrected chi connectivity index (χ0v) is 13.0. The molecule has 0 aliphatic carbocycles. The van der Waals surface area contributed by atoms with Crippen LogP contribution in [0.2, 0.25) is 0 Å².